The minimum absolute atomic E-state index is 0.00833. The van der Waals surface area contributed by atoms with E-state index in [4.69, 9.17) is 0 Å². The van der Waals surface area contributed by atoms with Crippen LogP contribution in [-0.2, 0) is 0 Å². The van der Waals surface area contributed by atoms with Crippen molar-refractivity contribution in [3.63, 3.8) is 0 Å². The van der Waals surface area contributed by atoms with E-state index in [2.05, 4.69) is 17.5 Å². The second kappa shape index (κ2) is 4.20. The Balaban J connectivity index is 1.81. The minimum atomic E-state index is -0.00833. The standard InChI is InChI=1S/C10H19NOS/c12-10-3-2-8-6-11(4-1-5-13)7-9(8)10/h8-10,12-13H,1-7H2. The largest absolute Gasteiger partial charge is 0.393 e. The Bertz CT molecular complexity index is 176. The molecule has 0 bridgehead atoms. The van der Waals surface area contributed by atoms with Gasteiger partial charge in [-0.1, -0.05) is 0 Å². The topological polar surface area (TPSA) is 23.5 Å². The first-order valence-corrected chi connectivity index (χ1v) is 5.96. The average molecular weight is 201 g/mol. The summed E-state index contributed by atoms with van der Waals surface area (Å²) in [4.78, 5) is 2.49. The van der Waals surface area contributed by atoms with Crippen molar-refractivity contribution in [1.29, 1.82) is 0 Å². The lowest BCUT2D eigenvalue weighted by atomic mass is 10.00. The number of aliphatic hydroxyl groups excluding tert-OH is 1. The summed E-state index contributed by atoms with van der Waals surface area (Å²) in [6.45, 7) is 3.51. The van der Waals surface area contributed by atoms with Crippen LogP contribution in [0.3, 0.4) is 0 Å². The first kappa shape index (κ1) is 9.81. The van der Waals surface area contributed by atoms with Crippen molar-refractivity contribution >= 4 is 12.6 Å². The van der Waals surface area contributed by atoms with Crippen molar-refractivity contribution in [3.8, 4) is 0 Å². The van der Waals surface area contributed by atoms with E-state index >= 15 is 0 Å². The van der Waals surface area contributed by atoms with E-state index in [1.807, 2.05) is 0 Å². The SMILES string of the molecule is OC1CCC2CN(CCCS)CC12. The third-order valence-electron chi connectivity index (χ3n) is 3.53. The molecule has 3 unspecified atom stereocenters. The van der Waals surface area contributed by atoms with Crippen LogP contribution in [0.1, 0.15) is 19.3 Å². The number of hydrogen-bond donors (Lipinski definition) is 2. The van der Waals surface area contributed by atoms with Gasteiger partial charge >= 0.3 is 0 Å². The average Bonchev–Trinajstić information content (AvgIpc) is 2.65. The highest BCUT2D eigenvalue weighted by atomic mass is 32.1. The van der Waals surface area contributed by atoms with Crippen LogP contribution in [0.4, 0.5) is 0 Å². The molecule has 0 amide bonds. The molecule has 0 aromatic carbocycles. The van der Waals surface area contributed by atoms with Gasteiger partial charge in [-0.05, 0) is 37.5 Å². The summed E-state index contributed by atoms with van der Waals surface area (Å²) in [6, 6.07) is 0. The van der Waals surface area contributed by atoms with Gasteiger partial charge in [0.15, 0.2) is 0 Å². The lowest BCUT2D eigenvalue weighted by molar-refractivity contribution is 0.124. The zero-order chi connectivity index (χ0) is 9.26. The molecule has 13 heavy (non-hydrogen) atoms. The number of likely N-dealkylation sites (tertiary alicyclic amines) is 1. The summed E-state index contributed by atoms with van der Waals surface area (Å²) in [5, 5.41) is 9.70. The maximum Gasteiger partial charge on any atom is 0.0583 e. The normalized spacial score (nSPS) is 39.7. The molecule has 0 radical (unpaired) electrons. The molecule has 1 saturated carbocycles. The first-order chi connectivity index (χ1) is 6.31. The van der Waals surface area contributed by atoms with Gasteiger partial charge in [-0.25, -0.2) is 0 Å². The Labute approximate surface area is 85.7 Å². The third kappa shape index (κ3) is 2.03. The summed E-state index contributed by atoms with van der Waals surface area (Å²) < 4.78 is 0. The van der Waals surface area contributed by atoms with Crippen LogP contribution >= 0.6 is 12.6 Å². The molecule has 1 saturated heterocycles. The smallest absolute Gasteiger partial charge is 0.0583 e. The molecule has 1 N–H and O–H groups in total. The lowest BCUT2D eigenvalue weighted by Crippen LogP contribution is -2.25. The van der Waals surface area contributed by atoms with Crippen LogP contribution < -0.4 is 0 Å². The number of rotatable bonds is 3. The molecule has 76 valence electrons. The zero-order valence-electron chi connectivity index (χ0n) is 8.02. The molecule has 0 aromatic rings. The van der Waals surface area contributed by atoms with Crippen molar-refractivity contribution in [2.24, 2.45) is 11.8 Å². The number of fused-ring (bicyclic) bond motifs is 1. The van der Waals surface area contributed by atoms with E-state index in [0.717, 1.165) is 24.6 Å². The fourth-order valence-corrected chi connectivity index (χ4v) is 2.95. The maximum absolute atomic E-state index is 9.70. The molecule has 3 atom stereocenters. The number of thiol groups is 1. The van der Waals surface area contributed by atoms with Gasteiger partial charge in [0.1, 0.15) is 0 Å². The summed E-state index contributed by atoms with van der Waals surface area (Å²) in [5.41, 5.74) is 0. The molecule has 1 heterocycles. The predicted octanol–water partition coefficient (Wildman–Crippen LogP) is 1.01. The Morgan fingerprint density at radius 2 is 2.15 bits per heavy atom. The van der Waals surface area contributed by atoms with Gasteiger partial charge in [-0.3, -0.25) is 0 Å². The fraction of sp³-hybridized carbons (Fsp3) is 1.00. The van der Waals surface area contributed by atoms with Gasteiger partial charge in [-0.15, -0.1) is 0 Å². The van der Waals surface area contributed by atoms with E-state index in [9.17, 15) is 5.11 Å². The molecular weight excluding hydrogens is 182 g/mol. The van der Waals surface area contributed by atoms with E-state index in [1.165, 1.54) is 25.9 Å². The van der Waals surface area contributed by atoms with Crippen molar-refractivity contribution in [3.05, 3.63) is 0 Å². The second-order valence-electron chi connectivity index (χ2n) is 4.41. The molecular formula is C10H19NOS. The Morgan fingerprint density at radius 1 is 1.31 bits per heavy atom. The van der Waals surface area contributed by atoms with E-state index in [1.54, 1.807) is 0 Å². The van der Waals surface area contributed by atoms with Gasteiger partial charge in [0.25, 0.3) is 0 Å². The molecule has 0 spiro atoms. The molecule has 2 nitrogen and oxygen atoms in total. The molecule has 3 heteroatoms. The highest BCUT2D eigenvalue weighted by Gasteiger charge is 2.41. The van der Waals surface area contributed by atoms with E-state index in [0.29, 0.717) is 5.92 Å². The monoisotopic (exact) mass is 201 g/mol. The zero-order valence-corrected chi connectivity index (χ0v) is 8.92. The molecule has 2 fully saturated rings. The molecule has 1 aliphatic carbocycles. The van der Waals surface area contributed by atoms with Gasteiger partial charge < -0.3 is 10.0 Å². The number of aliphatic hydroxyl groups is 1. The highest BCUT2D eigenvalue weighted by molar-refractivity contribution is 7.80. The summed E-state index contributed by atoms with van der Waals surface area (Å²) >= 11 is 4.22. The second-order valence-corrected chi connectivity index (χ2v) is 4.85. The minimum Gasteiger partial charge on any atom is -0.393 e. The van der Waals surface area contributed by atoms with Crippen molar-refractivity contribution in [2.45, 2.75) is 25.4 Å². The molecule has 2 rings (SSSR count). The Hall–Kier alpha value is 0.270. The van der Waals surface area contributed by atoms with E-state index in [-0.39, 0.29) is 6.10 Å². The fourth-order valence-electron chi connectivity index (χ4n) is 2.81. The highest BCUT2D eigenvalue weighted by Crippen LogP contribution is 2.37. The van der Waals surface area contributed by atoms with Gasteiger partial charge in [-0.2, -0.15) is 12.6 Å². The van der Waals surface area contributed by atoms with Crippen molar-refractivity contribution in [2.75, 3.05) is 25.4 Å². The molecule has 2 aliphatic rings. The summed E-state index contributed by atoms with van der Waals surface area (Å²) in [5.74, 6) is 2.35. The Kier molecular flexibility index (Phi) is 3.17. The summed E-state index contributed by atoms with van der Waals surface area (Å²) in [6.07, 6.45) is 3.45. The number of nitrogens with zero attached hydrogens (tertiary/aromatic N) is 1. The van der Waals surface area contributed by atoms with Gasteiger partial charge in [0.05, 0.1) is 6.10 Å². The first-order valence-electron chi connectivity index (χ1n) is 5.32. The quantitative estimate of drug-likeness (QED) is 0.666. The van der Waals surface area contributed by atoms with Crippen molar-refractivity contribution in [1.82, 2.24) is 4.90 Å². The van der Waals surface area contributed by atoms with Crippen molar-refractivity contribution < 1.29 is 5.11 Å². The number of hydrogen-bond acceptors (Lipinski definition) is 3. The van der Waals surface area contributed by atoms with Crippen LogP contribution in [0.15, 0.2) is 0 Å². The molecule has 1 aliphatic heterocycles. The van der Waals surface area contributed by atoms with Crippen LogP contribution in [0.2, 0.25) is 0 Å². The summed E-state index contributed by atoms with van der Waals surface area (Å²) in [7, 11) is 0. The van der Waals surface area contributed by atoms with Crippen LogP contribution in [-0.4, -0.2) is 41.5 Å². The van der Waals surface area contributed by atoms with Crippen LogP contribution in [0.5, 0.6) is 0 Å². The van der Waals surface area contributed by atoms with E-state index < -0.39 is 0 Å². The third-order valence-corrected chi connectivity index (χ3v) is 3.84. The lowest BCUT2D eigenvalue weighted by Gasteiger charge is -2.16. The van der Waals surface area contributed by atoms with Gasteiger partial charge in [0.2, 0.25) is 0 Å². The van der Waals surface area contributed by atoms with Gasteiger partial charge in [0, 0.05) is 19.0 Å². The predicted molar refractivity (Wildman–Crippen MR) is 57.1 cm³/mol. The van der Waals surface area contributed by atoms with Crippen LogP contribution in [0, 0.1) is 11.8 Å². The Morgan fingerprint density at radius 3 is 2.85 bits per heavy atom. The van der Waals surface area contributed by atoms with Crippen LogP contribution in [0.25, 0.3) is 0 Å². The molecule has 0 aromatic heterocycles. The maximum atomic E-state index is 9.70.